The molecule has 3 aliphatic rings. The lowest BCUT2D eigenvalue weighted by Crippen LogP contribution is -2.35. The minimum absolute atomic E-state index is 0.0223. The molecule has 378 valence electrons. The van der Waals surface area contributed by atoms with E-state index in [0.29, 0.717) is 37.1 Å². The van der Waals surface area contributed by atoms with Gasteiger partial charge >= 0.3 is 39.6 Å². The fourth-order valence-corrected chi connectivity index (χ4v) is 7.16. The molecule has 69 heavy (non-hydrogen) atoms. The second-order valence-corrected chi connectivity index (χ2v) is 18.5. The Bertz CT molecular complexity index is 2020. The molecule has 3 aromatic rings. The molecule has 0 saturated heterocycles. The molecule has 0 aliphatic carbocycles. The number of carbonyl (C=O) groups excluding carboxylic acids is 3. The Kier molecular flexibility index (Phi) is 19.5. The van der Waals surface area contributed by atoms with Crippen LogP contribution < -0.4 is 46.5 Å². The Labute approximate surface area is 401 Å². The Morgan fingerprint density at radius 1 is 0.493 bits per heavy atom. The largest absolute Gasteiger partial charge is 0.495 e. The van der Waals surface area contributed by atoms with Gasteiger partial charge in [-0.1, -0.05) is 0 Å². The van der Waals surface area contributed by atoms with Crippen LogP contribution in [0.4, 0.5) is 27.6 Å². The van der Waals surface area contributed by atoms with E-state index in [0.717, 1.165) is 0 Å². The van der Waals surface area contributed by atoms with Crippen LogP contribution in [0.3, 0.4) is 0 Å². The Balaban J connectivity index is 0.000000225. The zero-order valence-corrected chi connectivity index (χ0v) is 41.0. The number of fused-ring (bicyclic) bond motifs is 3. The van der Waals surface area contributed by atoms with Gasteiger partial charge in [0.1, 0.15) is 51.5 Å². The van der Waals surface area contributed by atoms with Crippen LogP contribution in [0.15, 0.2) is 36.4 Å². The molecule has 18 nitrogen and oxygen atoms in total. The number of carbonyl (C=O) groups is 3. The Morgan fingerprint density at radius 2 is 0.725 bits per heavy atom. The van der Waals surface area contributed by atoms with Crippen LogP contribution in [0.5, 0.6) is 17.2 Å². The summed E-state index contributed by atoms with van der Waals surface area (Å²) in [5.74, 6) is -0.438. The lowest BCUT2D eigenvalue weighted by Gasteiger charge is -2.21. The molecule has 0 bridgehead atoms. The third-order valence-electron chi connectivity index (χ3n) is 9.56. The highest BCUT2D eigenvalue weighted by Crippen LogP contribution is 2.32. The fourth-order valence-electron chi connectivity index (χ4n) is 7.16. The van der Waals surface area contributed by atoms with Crippen molar-refractivity contribution in [1.82, 2.24) is 16.0 Å². The van der Waals surface area contributed by atoms with E-state index in [1.807, 2.05) is 0 Å². The van der Waals surface area contributed by atoms with Gasteiger partial charge in [0.25, 0.3) is 0 Å². The first kappa shape index (κ1) is 56.2. The summed E-state index contributed by atoms with van der Waals surface area (Å²) < 4.78 is 90.0. The molecule has 3 amide bonds. The van der Waals surface area contributed by atoms with E-state index in [2.05, 4.69) is 16.0 Å². The zero-order valence-electron chi connectivity index (χ0n) is 41.0. The van der Waals surface area contributed by atoms with Crippen molar-refractivity contribution >= 4 is 56.0 Å². The van der Waals surface area contributed by atoms with Gasteiger partial charge in [0, 0.05) is 52.7 Å². The van der Waals surface area contributed by atoms with Crippen molar-refractivity contribution in [3.8, 4) is 17.2 Å². The second kappa shape index (κ2) is 24.0. The topological polar surface area (TPSA) is 231 Å². The summed E-state index contributed by atoms with van der Waals surface area (Å²) in [5.41, 5.74) is -0.519. The number of halogens is 3. The van der Waals surface area contributed by atoms with Gasteiger partial charge in [-0.2, -0.15) is 0 Å². The SMILES string of the molecule is CCOc1ccc(F)c2c1B(O)OC2CNC(=O)OC(C)(C)C.CCOc1ccc(F)c2c1B(O)O[C@@H]2CNC(=O)OC(C)(C)C.CCOc1ccc(F)c2c1B(O)O[C@H]2CNC(=O)OC(C)(C)C. The number of benzene rings is 3. The van der Waals surface area contributed by atoms with Crippen molar-refractivity contribution in [2.75, 3.05) is 39.5 Å². The number of amides is 3. The average Bonchev–Trinajstić information content (AvgIpc) is 3.88. The summed E-state index contributed by atoms with van der Waals surface area (Å²) in [4.78, 5) is 35.1. The normalized spacial score (nSPS) is 17.0. The monoisotopic (exact) mass is 975 g/mol. The molecule has 6 rings (SSSR count). The minimum Gasteiger partial charge on any atom is -0.494 e. The molecular weight excluding hydrogens is 912 g/mol. The first-order valence-corrected chi connectivity index (χ1v) is 22.4. The van der Waals surface area contributed by atoms with Gasteiger partial charge in [-0.05, 0) is 119 Å². The summed E-state index contributed by atoms with van der Waals surface area (Å²) in [7, 11) is -3.90. The van der Waals surface area contributed by atoms with E-state index >= 15 is 0 Å². The van der Waals surface area contributed by atoms with Crippen molar-refractivity contribution in [2.24, 2.45) is 0 Å². The van der Waals surface area contributed by atoms with Crippen molar-refractivity contribution < 1.29 is 85.0 Å². The molecule has 1 unspecified atom stereocenters. The lowest BCUT2D eigenvalue weighted by atomic mass is 9.78. The Morgan fingerprint density at radius 3 is 0.928 bits per heavy atom. The van der Waals surface area contributed by atoms with Gasteiger partial charge in [-0.15, -0.1) is 0 Å². The van der Waals surface area contributed by atoms with Gasteiger partial charge in [-0.25, -0.2) is 27.6 Å². The molecule has 0 radical (unpaired) electrons. The molecule has 3 aliphatic heterocycles. The molecule has 0 spiro atoms. The minimum atomic E-state index is -1.30. The van der Waals surface area contributed by atoms with Crippen LogP contribution in [-0.4, -0.2) is 111 Å². The standard InChI is InChI=1S/3C15H21BFNO5/c3*1-5-21-10-7-6-9(17)12-11(23-16(20)13(10)12)8-18-14(19)22-15(2,3)4/h3*6-7,11,20H,5,8H2,1-4H3,(H,18,19)/t2*11-;/m10./s1. The maximum Gasteiger partial charge on any atom is 0.495 e. The van der Waals surface area contributed by atoms with E-state index in [4.69, 9.17) is 42.4 Å². The summed E-state index contributed by atoms with van der Waals surface area (Å²) in [6.45, 7) is 22.1. The summed E-state index contributed by atoms with van der Waals surface area (Å²) in [6.07, 6.45) is -4.34. The van der Waals surface area contributed by atoms with E-state index in [9.17, 15) is 42.6 Å². The highest BCUT2D eigenvalue weighted by atomic mass is 19.1. The summed E-state index contributed by atoms with van der Waals surface area (Å²) in [5, 5.41) is 37.6. The van der Waals surface area contributed by atoms with Crippen molar-refractivity contribution in [3.63, 3.8) is 0 Å². The van der Waals surface area contributed by atoms with E-state index < -0.39 is 92.2 Å². The number of rotatable bonds is 12. The molecule has 6 N–H and O–H groups in total. The first-order chi connectivity index (χ1) is 32.2. The highest BCUT2D eigenvalue weighted by Gasteiger charge is 2.43. The number of hydrogen-bond donors (Lipinski definition) is 6. The summed E-state index contributed by atoms with van der Waals surface area (Å²) in [6, 6.07) is 8.12. The smallest absolute Gasteiger partial charge is 0.494 e. The lowest BCUT2D eigenvalue weighted by molar-refractivity contribution is 0.0488. The molecule has 24 heteroatoms. The van der Waals surface area contributed by atoms with Gasteiger partial charge in [0.15, 0.2) is 0 Å². The van der Waals surface area contributed by atoms with Crippen molar-refractivity contribution in [3.05, 3.63) is 70.5 Å². The number of alkyl carbamates (subject to hydrolysis) is 3. The van der Waals surface area contributed by atoms with Gasteiger partial charge in [-0.3, -0.25) is 0 Å². The quantitative estimate of drug-likeness (QED) is 0.108. The van der Waals surface area contributed by atoms with Crippen LogP contribution in [0.25, 0.3) is 0 Å². The summed E-state index contributed by atoms with van der Waals surface area (Å²) >= 11 is 0. The van der Waals surface area contributed by atoms with E-state index in [1.54, 1.807) is 83.1 Å². The van der Waals surface area contributed by atoms with Crippen molar-refractivity contribution in [2.45, 2.75) is 118 Å². The molecule has 0 aromatic heterocycles. The number of nitrogens with one attached hydrogen (secondary N) is 3. The van der Waals surface area contributed by atoms with E-state index in [1.165, 1.54) is 36.4 Å². The van der Waals surface area contributed by atoms with Gasteiger partial charge < -0.3 is 73.4 Å². The molecule has 0 fully saturated rings. The van der Waals surface area contributed by atoms with Crippen LogP contribution >= 0.6 is 0 Å². The number of hydrogen-bond acceptors (Lipinski definition) is 15. The second-order valence-electron chi connectivity index (χ2n) is 18.5. The molecule has 3 aromatic carbocycles. The third-order valence-corrected chi connectivity index (χ3v) is 9.56. The van der Waals surface area contributed by atoms with Crippen molar-refractivity contribution in [1.29, 1.82) is 0 Å². The molecule has 0 saturated carbocycles. The zero-order chi connectivity index (χ0) is 51.6. The maximum absolute atomic E-state index is 14.1. The predicted octanol–water partition coefficient (Wildman–Crippen LogP) is 4.52. The molecular formula is C45H63B3F3N3O15. The van der Waals surface area contributed by atoms with Gasteiger partial charge in [0.2, 0.25) is 0 Å². The molecule has 3 heterocycles. The van der Waals surface area contributed by atoms with E-state index in [-0.39, 0.29) is 52.7 Å². The average molecular weight is 975 g/mol. The maximum atomic E-state index is 14.1. The van der Waals surface area contributed by atoms with Crippen LogP contribution in [0.2, 0.25) is 0 Å². The third kappa shape index (κ3) is 15.8. The first-order valence-electron chi connectivity index (χ1n) is 22.4. The highest BCUT2D eigenvalue weighted by molar-refractivity contribution is 6.63. The van der Waals surface area contributed by atoms with Crippen LogP contribution in [-0.2, 0) is 28.2 Å². The number of ether oxygens (including phenoxy) is 6. The fraction of sp³-hybridized carbons (Fsp3) is 0.533. The van der Waals surface area contributed by atoms with Crippen LogP contribution in [0.1, 0.15) is 118 Å². The molecule has 3 atom stereocenters. The predicted molar refractivity (Wildman–Crippen MR) is 250 cm³/mol. The van der Waals surface area contributed by atoms with Crippen LogP contribution in [0, 0.1) is 17.5 Å². The van der Waals surface area contributed by atoms with Gasteiger partial charge in [0.05, 0.1) is 38.1 Å². The Hall–Kier alpha value is -5.39.